The SMILES string of the molecule is CCN1CC[C@@H](NC2C[C@H]3CCC[C@@H](C2)N3C)[C@@H](C)C1. The van der Waals surface area contributed by atoms with E-state index in [4.69, 9.17) is 0 Å². The Morgan fingerprint density at radius 1 is 1.10 bits per heavy atom. The van der Waals surface area contributed by atoms with Crippen molar-refractivity contribution in [2.75, 3.05) is 26.7 Å². The van der Waals surface area contributed by atoms with Gasteiger partial charge < -0.3 is 15.1 Å². The zero-order valence-electron chi connectivity index (χ0n) is 13.6. The van der Waals surface area contributed by atoms with E-state index >= 15 is 0 Å². The van der Waals surface area contributed by atoms with Crippen molar-refractivity contribution in [1.29, 1.82) is 0 Å². The third-order valence-corrected chi connectivity index (χ3v) is 6.23. The number of fused-ring (bicyclic) bond motifs is 2. The van der Waals surface area contributed by atoms with Gasteiger partial charge in [0.15, 0.2) is 0 Å². The predicted octanol–water partition coefficient (Wildman–Crippen LogP) is 2.32. The van der Waals surface area contributed by atoms with Crippen molar-refractivity contribution in [3.05, 3.63) is 0 Å². The van der Waals surface area contributed by atoms with Crippen LogP contribution in [-0.2, 0) is 0 Å². The Balaban J connectivity index is 1.53. The lowest BCUT2D eigenvalue weighted by atomic mass is 9.81. The molecule has 3 aliphatic heterocycles. The van der Waals surface area contributed by atoms with Crippen molar-refractivity contribution in [2.45, 2.75) is 76.5 Å². The van der Waals surface area contributed by atoms with Gasteiger partial charge in [0.1, 0.15) is 0 Å². The van der Waals surface area contributed by atoms with Gasteiger partial charge in [-0.2, -0.15) is 0 Å². The molecule has 3 nitrogen and oxygen atoms in total. The lowest BCUT2D eigenvalue weighted by molar-refractivity contribution is 0.0387. The third kappa shape index (κ3) is 3.05. The second kappa shape index (κ2) is 6.33. The van der Waals surface area contributed by atoms with Crippen molar-refractivity contribution in [3.63, 3.8) is 0 Å². The maximum absolute atomic E-state index is 4.05. The minimum Gasteiger partial charge on any atom is -0.311 e. The van der Waals surface area contributed by atoms with Crippen LogP contribution in [0, 0.1) is 5.92 Å². The van der Waals surface area contributed by atoms with Crippen molar-refractivity contribution >= 4 is 0 Å². The van der Waals surface area contributed by atoms with E-state index in [2.05, 4.69) is 36.0 Å². The molecule has 0 aromatic carbocycles. The molecule has 1 unspecified atom stereocenters. The van der Waals surface area contributed by atoms with Crippen LogP contribution in [0.2, 0.25) is 0 Å². The summed E-state index contributed by atoms with van der Waals surface area (Å²) < 4.78 is 0. The van der Waals surface area contributed by atoms with E-state index < -0.39 is 0 Å². The average Bonchev–Trinajstić information content (AvgIpc) is 2.42. The van der Waals surface area contributed by atoms with Crippen LogP contribution in [0.1, 0.15) is 52.4 Å². The first kappa shape index (κ1) is 14.8. The van der Waals surface area contributed by atoms with E-state index in [1.54, 1.807) is 0 Å². The summed E-state index contributed by atoms with van der Waals surface area (Å²) in [5, 5.41) is 4.05. The van der Waals surface area contributed by atoms with Crippen molar-refractivity contribution < 1.29 is 0 Å². The first-order valence-corrected chi connectivity index (χ1v) is 8.87. The minimum atomic E-state index is 0.756. The van der Waals surface area contributed by atoms with Crippen LogP contribution in [0.4, 0.5) is 0 Å². The fraction of sp³-hybridized carbons (Fsp3) is 1.00. The molecule has 3 saturated heterocycles. The summed E-state index contributed by atoms with van der Waals surface area (Å²) in [7, 11) is 2.35. The third-order valence-electron chi connectivity index (χ3n) is 6.23. The maximum Gasteiger partial charge on any atom is 0.0120 e. The summed E-state index contributed by atoms with van der Waals surface area (Å²) in [4.78, 5) is 5.27. The molecule has 0 aromatic rings. The van der Waals surface area contributed by atoms with Gasteiger partial charge in [-0.05, 0) is 58.2 Å². The molecule has 3 fully saturated rings. The molecule has 20 heavy (non-hydrogen) atoms. The standard InChI is InChI=1S/C17H33N3/c1-4-20-9-8-17(13(2)12-20)18-14-10-15-6-5-7-16(11-14)19(15)3/h13-18H,4-12H2,1-3H3/t13-,14?,15-,16+,17+/m0/s1. The fourth-order valence-corrected chi connectivity index (χ4v) is 4.82. The Hall–Kier alpha value is -0.120. The van der Waals surface area contributed by atoms with Gasteiger partial charge in [-0.15, -0.1) is 0 Å². The maximum atomic E-state index is 4.05. The Morgan fingerprint density at radius 2 is 1.80 bits per heavy atom. The van der Waals surface area contributed by atoms with Crippen LogP contribution in [0.3, 0.4) is 0 Å². The second-order valence-electron chi connectivity index (χ2n) is 7.50. The first-order chi connectivity index (χ1) is 9.67. The van der Waals surface area contributed by atoms with Crippen LogP contribution in [0.15, 0.2) is 0 Å². The molecule has 0 aromatic heterocycles. The van der Waals surface area contributed by atoms with Gasteiger partial charge in [0.05, 0.1) is 0 Å². The fourth-order valence-electron chi connectivity index (χ4n) is 4.82. The first-order valence-electron chi connectivity index (χ1n) is 8.87. The van der Waals surface area contributed by atoms with Gasteiger partial charge >= 0.3 is 0 Å². The second-order valence-corrected chi connectivity index (χ2v) is 7.50. The molecule has 116 valence electrons. The molecule has 5 atom stereocenters. The number of hydrogen-bond donors (Lipinski definition) is 1. The molecule has 3 aliphatic rings. The van der Waals surface area contributed by atoms with Crippen LogP contribution in [0.5, 0.6) is 0 Å². The van der Waals surface area contributed by atoms with Gasteiger partial charge in [0.25, 0.3) is 0 Å². The lowest BCUT2D eigenvalue weighted by Crippen LogP contribution is -2.58. The van der Waals surface area contributed by atoms with E-state index in [0.717, 1.165) is 30.1 Å². The monoisotopic (exact) mass is 279 g/mol. The number of likely N-dealkylation sites (tertiary alicyclic amines) is 1. The lowest BCUT2D eigenvalue weighted by Gasteiger charge is -2.49. The summed E-state index contributed by atoms with van der Waals surface area (Å²) in [5.41, 5.74) is 0. The smallest absolute Gasteiger partial charge is 0.0120 e. The molecule has 3 heterocycles. The molecule has 0 aliphatic carbocycles. The van der Waals surface area contributed by atoms with E-state index in [1.165, 1.54) is 58.2 Å². The Kier molecular flexibility index (Phi) is 4.68. The number of rotatable bonds is 3. The highest BCUT2D eigenvalue weighted by molar-refractivity contribution is 4.95. The number of nitrogens with one attached hydrogen (secondary N) is 1. The molecular formula is C17H33N3. The molecule has 0 radical (unpaired) electrons. The van der Waals surface area contributed by atoms with Gasteiger partial charge in [-0.3, -0.25) is 0 Å². The molecule has 0 spiro atoms. The highest BCUT2D eigenvalue weighted by Gasteiger charge is 2.37. The molecule has 0 saturated carbocycles. The van der Waals surface area contributed by atoms with Gasteiger partial charge in [-0.25, -0.2) is 0 Å². The summed E-state index contributed by atoms with van der Waals surface area (Å²) >= 11 is 0. The predicted molar refractivity (Wildman–Crippen MR) is 85.0 cm³/mol. The molecule has 2 bridgehead atoms. The van der Waals surface area contributed by atoms with Crippen molar-refractivity contribution in [2.24, 2.45) is 5.92 Å². The number of hydrogen-bond acceptors (Lipinski definition) is 3. The van der Waals surface area contributed by atoms with Gasteiger partial charge in [0.2, 0.25) is 0 Å². The van der Waals surface area contributed by atoms with Crippen molar-refractivity contribution in [1.82, 2.24) is 15.1 Å². The quantitative estimate of drug-likeness (QED) is 0.855. The van der Waals surface area contributed by atoms with Crippen LogP contribution in [0.25, 0.3) is 0 Å². The van der Waals surface area contributed by atoms with E-state index in [0.29, 0.717) is 0 Å². The van der Waals surface area contributed by atoms with E-state index in [1.807, 2.05) is 0 Å². The zero-order valence-corrected chi connectivity index (χ0v) is 13.6. The summed E-state index contributed by atoms with van der Waals surface area (Å²) in [6.45, 7) is 8.52. The zero-order chi connectivity index (χ0) is 14.1. The number of piperidine rings is 3. The Labute approximate surface area is 125 Å². The molecule has 3 heteroatoms. The summed E-state index contributed by atoms with van der Waals surface area (Å²) in [6.07, 6.45) is 8.42. The summed E-state index contributed by atoms with van der Waals surface area (Å²) in [6, 6.07) is 3.24. The largest absolute Gasteiger partial charge is 0.311 e. The molecule has 3 rings (SSSR count). The Bertz CT molecular complexity index is 305. The number of nitrogens with zero attached hydrogens (tertiary/aromatic N) is 2. The van der Waals surface area contributed by atoms with Crippen molar-refractivity contribution in [3.8, 4) is 0 Å². The van der Waals surface area contributed by atoms with Gasteiger partial charge in [0, 0.05) is 30.7 Å². The Morgan fingerprint density at radius 3 is 2.40 bits per heavy atom. The van der Waals surface area contributed by atoms with Crippen LogP contribution in [-0.4, -0.2) is 60.6 Å². The molecular weight excluding hydrogens is 246 g/mol. The normalized spacial score (nSPS) is 43.6. The van der Waals surface area contributed by atoms with Crippen LogP contribution < -0.4 is 5.32 Å². The highest BCUT2D eigenvalue weighted by Crippen LogP contribution is 2.33. The molecule has 0 amide bonds. The highest BCUT2D eigenvalue weighted by atomic mass is 15.2. The minimum absolute atomic E-state index is 0.756. The van der Waals surface area contributed by atoms with Gasteiger partial charge in [-0.1, -0.05) is 20.3 Å². The topological polar surface area (TPSA) is 18.5 Å². The van der Waals surface area contributed by atoms with E-state index in [9.17, 15) is 0 Å². The average molecular weight is 279 g/mol. The summed E-state index contributed by atoms with van der Waals surface area (Å²) in [5.74, 6) is 0.809. The molecule has 1 N–H and O–H groups in total. The van der Waals surface area contributed by atoms with E-state index in [-0.39, 0.29) is 0 Å². The van der Waals surface area contributed by atoms with Crippen LogP contribution >= 0.6 is 0 Å².